The molecule has 2 rings (SSSR count). The SMILES string of the molecule is CN(C[C@@H](O)COCc1ccccc1F)c1ccccc1. The number of hydrogen-bond acceptors (Lipinski definition) is 3. The second kappa shape index (κ2) is 7.76. The summed E-state index contributed by atoms with van der Waals surface area (Å²) in [5.41, 5.74) is 1.53. The molecule has 0 amide bonds. The molecular weight excluding hydrogens is 269 g/mol. The smallest absolute Gasteiger partial charge is 0.128 e. The standard InChI is InChI=1S/C17H20FNO2/c1-19(15-8-3-2-4-9-15)11-16(20)13-21-12-14-7-5-6-10-17(14)18/h2-10,16,20H,11-13H2,1H3/t16-/m1/s1. The largest absolute Gasteiger partial charge is 0.389 e. The average Bonchev–Trinajstić information content (AvgIpc) is 2.50. The Bertz CT molecular complexity index is 547. The molecule has 1 N–H and O–H groups in total. The van der Waals surface area contributed by atoms with Crippen LogP contribution >= 0.6 is 0 Å². The number of likely N-dealkylation sites (N-methyl/N-ethyl adjacent to an activating group) is 1. The number of ether oxygens (including phenoxy) is 1. The van der Waals surface area contributed by atoms with Crippen molar-refractivity contribution < 1.29 is 14.2 Å². The highest BCUT2D eigenvalue weighted by Gasteiger charge is 2.09. The molecule has 0 aliphatic carbocycles. The van der Waals surface area contributed by atoms with Crippen LogP contribution in [0.1, 0.15) is 5.56 Å². The van der Waals surface area contributed by atoms with Gasteiger partial charge in [-0.15, -0.1) is 0 Å². The molecule has 1 atom stereocenters. The second-order valence-corrected chi connectivity index (χ2v) is 4.98. The Morgan fingerprint density at radius 2 is 1.76 bits per heavy atom. The summed E-state index contributed by atoms with van der Waals surface area (Å²) in [7, 11) is 1.91. The van der Waals surface area contributed by atoms with Gasteiger partial charge in [-0.05, 0) is 18.2 Å². The highest BCUT2D eigenvalue weighted by atomic mass is 19.1. The summed E-state index contributed by atoms with van der Waals surface area (Å²) in [6.07, 6.45) is -0.623. The molecule has 0 radical (unpaired) electrons. The van der Waals surface area contributed by atoms with Gasteiger partial charge in [0.25, 0.3) is 0 Å². The molecule has 3 nitrogen and oxygen atoms in total. The molecule has 0 bridgehead atoms. The molecule has 0 heterocycles. The number of halogens is 1. The molecule has 2 aromatic carbocycles. The van der Waals surface area contributed by atoms with Gasteiger partial charge in [0, 0.05) is 24.8 Å². The van der Waals surface area contributed by atoms with Crippen LogP contribution < -0.4 is 4.90 Å². The van der Waals surface area contributed by atoms with Gasteiger partial charge in [0.2, 0.25) is 0 Å². The summed E-state index contributed by atoms with van der Waals surface area (Å²) in [5, 5.41) is 9.97. The zero-order valence-electron chi connectivity index (χ0n) is 12.1. The van der Waals surface area contributed by atoms with E-state index in [9.17, 15) is 9.50 Å². The first-order chi connectivity index (χ1) is 10.2. The van der Waals surface area contributed by atoms with Gasteiger partial charge >= 0.3 is 0 Å². The topological polar surface area (TPSA) is 32.7 Å². The normalized spacial score (nSPS) is 12.1. The van der Waals surface area contributed by atoms with Gasteiger partial charge in [0.1, 0.15) is 5.82 Å². The second-order valence-electron chi connectivity index (χ2n) is 4.98. The molecule has 0 unspecified atom stereocenters. The summed E-state index contributed by atoms with van der Waals surface area (Å²) in [6.45, 7) is 0.797. The van der Waals surface area contributed by atoms with Gasteiger partial charge in [0.15, 0.2) is 0 Å². The number of nitrogens with zero attached hydrogens (tertiary/aromatic N) is 1. The van der Waals surface area contributed by atoms with Gasteiger partial charge in [0.05, 0.1) is 19.3 Å². The van der Waals surface area contributed by atoms with E-state index in [1.807, 2.05) is 42.3 Å². The van der Waals surface area contributed by atoms with Crippen molar-refractivity contribution in [3.63, 3.8) is 0 Å². The number of aliphatic hydroxyl groups is 1. The first kappa shape index (κ1) is 15.5. The van der Waals surface area contributed by atoms with Gasteiger partial charge in [-0.2, -0.15) is 0 Å². The number of hydrogen-bond donors (Lipinski definition) is 1. The van der Waals surface area contributed by atoms with E-state index in [1.165, 1.54) is 6.07 Å². The maximum Gasteiger partial charge on any atom is 0.128 e. The van der Waals surface area contributed by atoms with Crippen molar-refractivity contribution in [2.24, 2.45) is 0 Å². The molecule has 0 aliphatic rings. The molecular formula is C17H20FNO2. The van der Waals surface area contributed by atoms with Gasteiger partial charge in [-0.1, -0.05) is 36.4 Å². The van der Waals surface area contributed by atoms with Crippen molar-refractivity contribution in [3.05, 3.63) is 66.0 Å². The fraction of sp³-hybridized carbons (Fsp3) is 0.294. The van der Waals surface area contributed by atoms with Crippen LogP contribution in [0.3, 0.4) is 0 Å². The minimum absolute atomic E-state index is 0.165. The Balaban J connectivity index is 1.75. The first-order valence-corrected chi connectivity index (χ1v) is 6.92. The van der Waals surface area contributed by atoms with Crippen molar-refractivity contribution in [2.45, 2.75) is 12.7 Å². The van der Waals surface area contributed by atoms with Crippen molar-refractivity contribution in [2.75, 3.05) is 25.1 Å². The summed E-state index contributed by atoms with van der Waals surface area (Å²) >= 11 is 0. The lowest BCUT2D eigenvalue weighted by atomic mass is 10.2. The number of anilines is 1. The Morgan fingerprint density at radius 1 is 1.10 bits per heavy atom. The third kappa shape index (κ3) is 4.85. The number of para-hydroxylation sites is 1. The molecule has 21 heavy (non-hydrogen) atoms. The van der Waals surface area contributed by atoms with Crippen LogP contribution in [0.15, 0.2) is 54.6 Å². The molecule has 0 fully saturated rings. The highest BCUT2D eigenvalue weighted by molar-refractivity contribution is 5.45. The summed E-state index contributed by atoms with van der Waals surface area (Å²) in [5.74, 6) is -0.284. The fourth-order valence-electron chi connectivity index (χ4n) is 2.08. The molecule has 4 heteroatoms. The van der Waals surface area contributed by atoms with Crippen LogP contribution in [0.4, 0.5) is 10.1 Å². The lowest BCUT2D eigenvalue weighted by molar-refractivity contribution is 0.0314. The predicted molar refractivity (Wildman–Crippen MR) is 81.8 cm³/mol. The summed E-state index contributed by atoms with van der Waals surface area (Å²) in [6, 6.07) is 16.3. The van der Waals surface area contributed by atoms with Crippen molar-refractivity contribution >= 4 is 5.69 Å². The van der Waals surface area contributed by atoms with Crippen LogP contribution in [0.5, 0.6) is 0 Å². The summed E-state index contributed by atoms with van der Waals surface area (Å²) < 4.78 is 18.8. The predicted octanol–water partition coefficient (Wildman–Crippen LogP) is 2.84. The van der Waals surface area contributed by atoms with E-state index in [-0.39, 0.29) is 19.0 Å². The third-order valence-corrected chi connectivity index (χ3v) is 3.21. The van der Waals surface area contributed by atoms with Gasteiger partial charge in [-0.25, -0.2) is 4.39 Å². The van der Waals surface area contributed by atoms with Crippen molar-refractivity contribution in [1.82, 2.24) is 0 Å². The zero-order valence-corrected chi connectivity index (χ0v) is 12.1. The van der Waals surface area contributed by atoms with Crippen molar-refractivity contribution in [3.8, 4) is 0 Å². The van der Waals surface area contributed by atoms with Crippen LogP contribution in [-0.2, 0) is 11.3 Å². The zero-order chi connectivity index (χ0) is 15.1. The lowest BCUT2D eigenvalue weighted by Crippen LogP contribution is -2.32. The van der Waals surface area contributed by atoms with Crippen LogP contribution in [-0.4, -0.2) is 31.4 Å². The monoisotopic (exact) mass is 289 g/mol. The maximum absolute atomic E-state index is 13.4. The molecule has 0 aromatic heterocycles. The van der Waals surface area contributed by atoms with E-state index in [2.05, 4.69) is 0 Å². The quantitative estimate of drug-likeness (QED) is 0.851. The average molecular weight is 289 g/mol. The van der Waals surface area contributed by atoms with E-state index < -0.39 is 6.10 Å². The van der Waals surface area contributed by atoms with Crippen LogP contribution in [0.2, 0.25) is 0 Å². The van der Waals surface area contributed by atoms with Gasteiger partial charge in [-0.3, -0.25) is 0 Å². The maximum atomic E-state index is 13.4. The number of aliphatic hydroxyl groups excluding tert-OH is 1. The van der Waals surface area contributed by atoms with Crippen LogP contribution in [0.25, 0.3) is 0 Å². The van der Waals surface area contributed by atoms with Gasteiger partial charge < -0.3 is 14.7 Å². The molecule has 0 aliphatic heterocycles. The minimum Gasteiger partial charge on any atom is -0.389 e. The minimum atomic E-state index is -0.623. The third-order valence-electron chi connectivity index (χ3n) is 3.21. The molecule has 0 spiro atoms. The van der Waals surface area contributed by atoms with E-state index >= 15 is 0 Å². The Hall–Kier alpha value is -1.91. The first-order valence-electron chi connectivity index (χ1n) is 6.92. The Labute approximate surface area is 124 Å². The Morgan fingerprint density at radius 3 is 2.48 bits per heavy atom. The number of rotatable bonds is 7. The van der Waals surface area contributed by atoms with E-state index in [4.69, 9.17) is 4.74 Å². The van der Waals surface area contributed by atoms with E-state index in [0.717, 1.165) is 5.69 Å². The molecule has 0 saturated carbocycles. The van der Waals surface area contributed by atoms with Crippen LogP contribution in [0, 0.1) is 5.82 Å². The molecule has 112 valence electrons. The van der Waals surface area contributed by atoms with E-state index in [0.29, 0.717) is 12.1 Å². The highest BCUT2D eigenvalue weighted by Crippen LogP contribution is 2.12. The van der Waals surface area contributed by atoms with E-state index in [1.54, 1.807) is 18.2 Å². The molecule has 0 saturated heterocycles. The summed E-state index contributed by atoms with van der Waals surface area (Å²) in [4.78, 5) is 1.96. The molecule has 2 aromatic rings. The van der Waals surface area contributed by atoms with Crippen molar-refractivity contribution in [1.29, 1.82) is 0 Å². The Kier molecular flexibility index (Phi) is 5.72. The fourth-order valence-corrected chi connectivity index (χ4v) is 2.08. The number of benzene rings is 2. The lowest BCUT2D eigenvalue weighted by Gasteiger charge is -2.22.